The SMILES string of the molecule is CC(C)(C)OC(=O)NC1(C(=O)Nc2ccc(Br)cc2F)CCSCC1. The summed E-state index contributed by atoms with van der Waals surface area (Å²) < 4.78 is 19.9. The largest absolute Gasteiger partial charge is 0.444 e. The Hall–Kier alpha value is -1.28. The predicted octanol–water partition coefficient (Wildman–Crippen LogP) is 4.32. The van der Waals surface area contributed by atoms with Crippen LogP contribution in [0.2, 0.25) is 0 Å². The van der Waals surface area contributed by atoms with Crippen LogP contribution in [0, 0.1) is 5.82 Å². The van der Waals surface area contributed by atoms with Crippen LogP contribution in [-0.2, 0) is 9.53 Å². The number of carbonyl (C=O) groups excluding carboxylic acids is 2. The maximum Gasteiger partial charge on any atom is 0.408 e. The Morgan fingerprint density at radius 1 is 1.28 bits per heavy atom. The topological polar surface area (TPSA) is 67.4 Å². The molecular weight excluding hydrogens is 411 g/mol. The number of amides is 2. The number of halogens is 2. The van der Waals surface area contributed by atoms with Gasteiger partial charge >= 0.3 is 6.09 Å². The third kappa shape index (κ3) is 5.60. The van der Waals surface area contributed by atoms with Crippen molar-refractivity contribution in [1.29, 1.82) is 0 Å². The number of anilines is 1. The van der Waals surface area contributed by atoms with Gasteiger partial charge in [-0.25, -0.2) is 9.18 Å². The Morgan fingerprint density at radius 2 is 1.92 bits per heavy atom. The number of hydrogen-bond acceptors (Lipinski definition) is 4. The molecule has 0 aromatic heterocycles. The Morgan fingerprint density at radius 3 is 2.48 bits per heavy atom. The van der Waals surface area contributed by atoms with E-state index in [9.17, 15) is 14.0 Å². The van der Waals surface area contributed by atoms with Gasteiger partial charge in [-0.1, -0.05) is 15.9 Å². The molecule has 1 aromatic rings. The fourth-order valence-corrected chi connectivity index (χ4v) is 3.98. The molecule has 1 aliphatic rings. The lowest BCUT2D eigenvalue weighted by molar-refractivity contribution is -0.122. The second kappa shape index (κ2) is 7.95. The molecule has 138 valence electrons. The zero-order valence-corrected chi connectivity index (χ0v) is 16.9. The maximum atomic E-state index is 14.0. The number of benzene rings is 1. The van der Waals surface area contributed by atoms with Crippen LogP contribution >= 0.6 is 27.7 Å². The summed E-state index contributed by atoms with van der Waals surface area (Å²) in [6.45, 7) is 5.27. The van der Waals surface area contributed by atoms with Gasteiger partial charge in [0.2, 0.25) is 5.91 Å². The van der Waals surface area contributed by atoms with Crippen LogP contribution in [0.3, 0.4) is 0 Å². The third-order valence-electron chi connectivity index (χ3n) is 3.70. The van der Waals surface area contributed by atoms with Gasteiger partial charge < -0.3 is 15.4 Å². The quantitative estimate of drug-likeness (QED) is 0.746. The Kier molecular flexibility index (Phi) is 6.37. The molecule has 0 atom stereocenters. The summed E-state index contributed by atoms with van der Waals surface area (Å²) in [5, 5.41) is 5.32. The van der Waals surface area contributed by atoms with Gasteiger partial charge in [0.25, 0.3) is 0 Å². The lowest BCUT2D eigenvalue weighted by Crippen LogP contribution is -2.59. The van der Waals surface area contributed by atoms with Crippen molar-refractivity contribution in [2.45, 2.75) is 44.8 Å². The molecule has 25 heavy (non-hydrogen) atoms. The van der Waals surface area contributed by atoms with E-state index in [4.69, 9.17) is 4.74 Å². The second-order valence-corrected chi connectivity index (χ2v) is 9.04. The van der Waals surface area contributed by atoms with E-state index >= 15 is 0 Å². The molecule has 5 nitrogen and oxygen atoms in total. The highest BCUT2D eigenvalue weighted by atomic mass is 79.9. The third-order valence-corrected chi connectivity index (χ3v) is 5.18. The van der Waals surface area contributed by atoms with E-state index in [0.717, 1.165) is 11.5 Å². The maximum absolute atomic E-state index is 14.0. The minimum Gasteiger partial charge on any atom is -0.444 e. The summed E-state index contributed by atoms with van der Waals surface area (Å²) in [6.07, 6.45) is 0.271. The first-order chi connectivity index (χ1) is 11.6. The first kappa shape index (κ1) is 20.0. The van der Waals surface area contributed by atoms with Gasteiger partial charge in [0.15, 0.2) is 0 Å². The van der Waals surface area contributed by atoms with Crippen molar-refractivity contribution in [3.8, 4) is 0 Å². The van der Waals surface area contributed by atoms with Gasteiger partial charge in [0, 0.05) is 4.47 Å². The summed E-state index contributed by atoms with van der Waals surface area (Å²) in [4.78, 5) is 25.1. The van der Waals surface area contributed by atoms with E-state index in [2.05, 4.69) is 26.6 Å². The normalized spacial score (nSPS) is 16.8. The average Bonchev–Trinajstić information content (AvgIpc) is 2.48. The molecule has 0 unspecified atom stereocenters. The highest BCUT2D eigenvalue weighted by Crippen LogP contribution is 2.30. The molecule has 0 bridgehead atoms. The summed E-state index contributed by atoms with van der Waals surface area (Å²) in [6, 6.07) is 4.40. The number of alkyl carbamates (subject to hydrolysis) is 1. The fraction of sp³-hybridized carbons (Fsp3) is 0.529. The molecule has 1 saturated heterocycles. The molecule has 1 aliphatic heterocycles. The van der Waals surface area contributed by atoms with Gasteiger partial charge in [0.1, 0.15) is 17.0 Å². The molecule has 1 heterocycles. The van der Waals surface area contributed by atoms with Crippen LogP contribution in [0.5, 0.6) is 0 Å². The lowest BCUT2D eigenvalue weighted by atomic mass is 9.91. The number of carbonyl (C=O) groups is 2. The molecule has 2 N–H and O–H groups in total. The molecular formula is C17H22BrFN2O3S. The molecule has 1 aromatic carbocycles. The fourth-order valence-electron chi connectivity index (χ4n) is 2.46. The van der Waals surface area contributed by atoms with E-state index in [1.165, 1.54) is 12.1 Å². The van der Waals surface area contributed by atoms with Gasteiger partial charge in [-0.15, -0.1) is 0 Å². The van der Waals surface area contributed by atoms with Gasteiger partial charge in [-0.3, -0.25) is 4.79 Å². The monoisotopic (exact) mass is 432 g/mol. The Balaban J connectivity index is 2.17. The molecule has 2 amide bonds. The first-order valence-corrected chi connectivity index (χ1v) is 9.91. The van der Waals surface area contributed by atoms with E-state index in [0.29, 0.717) is 17.3 Å². The predicted molar refractivity (Wildman–Crippen MR) is 101 cm³/mol. The van der Waals surface area contributed by atoms with Crippen LogP contribution in [-0.4, -0.2) is 34.6 Å². The average molecular weight is 433 g/mol. The van der Waals surface area contributed by atoms with Gasteiger partial charge in [-0.05, 0) is 63.3 Å². The zero-order chi connectivity index (χ0) is 18.7. The molecule has 0 saturated carbocycles. The van der Waals surface area contributed by atoms with Crippen molar-refractivity contribution < 1.29 is 18.7 Å². The Labute approximate surface area is 159 Å². The Bertz CT molecular complexity index is 658. The molecule has 0 radical (unpaired) electrons. The number of rotatable bonds is 3. The van der Waals surface area contributed by atoms with Crippen LogP contribution in [0.25, 0.3) is 0 Å². The summed E-state index contributed by atoms with van der Waals surface area (Å²) in [5.41, 5.74) is -1.69. The van der Waals surface area contributed by atoms with E-state index in [1.807, 2.05) is 0 Å². The van der Waals surface area contributed by atoms with E-state index in [1.54, 1.807) is 38.6 Å². The summed E-state index contributed by atoms with van der Waals surface area (Å²) in [5.74, 6) is 0.484. The van der Waals surface area contributed by atoms with E-state index < -0.39 is 29.0 Å². The second-order valence-electron chi connectivity index (χ2n) is 6.90. The number of thioether (sulfide) groups is 1. The van der Waals surface area contributed by atoms with Gasteiger partial charge in [-0.2, -0.15) is 11.8 Å². The molecule has 1 fully saturated rings. The number of nitrogens with one attached hydrogen (secondary N) is 2. The van der Waals surface area contributed by atoms with Crippen molar-refractivity contribution in [3.63, 3.8) is 0 Å². The van der Waals surface area contributed by atoms with Crippen LogP contribution in [0.15, 0.2) is 22.7 Å². The van der Waals surface area contributed by atoms with Crippen molar-refractivity contribution in [1.82, 2.24) is 5.32 Å². The van der Waals surface area contributed by atoms with Crippen LogP contribution in [0.1, 0.15) is 33.6 Å². The van der Waals surface area contributed by atoms with Crippen LogP contribution in [0.4, 0.5) is 14.9 Å². The lowest BCUT2D eigenvalue weighted by Gasteiger charge is -2.36. The summed E-state index contributed by atoms with van der Waals surface area (Å²) in [7, 11) is 0. The minimum atomic E-state index is -1.10. The van der Waals surface area contributed by atoms with Crippen LogP contribution < -0.4 is 10.6 Å². The highest BCUT2D eigenvalue weighted by molar-refractivity contribution is 9.10. The van der Waals surface area contributed by atoms with Crippen molar-refractivity contribution >= 4 is 45.4 Å². The summed E-state index contributed by atoms with van der Waals surface area (Å²) >= 11 is 4.90. The smallest absolute Gasteiger partial charge is 0.408 e. The van der Waals surface area contributed by atoms with Crippen molar-refractivity contribution in [3.05, 3.63) is 28.5 Å². The number of hydrogen-bond donors (Lipinski definition) is 2. The first-order valence-electron chi connectivity index (χ1n) is 7.97. The standard InChI is InChI=1S/C17H22BrFN2O3S/c1-16(2,3)24-15(23)21-17(6-8-25-9-7-17)14(22)20-13-5-4-11(18)10-12(13)19/h4-5,10H,6-9H2,1-3H3,(H,20,22)(H,21,23). The van der Waals surface area contributed by atoms with Gasteiger partial charge in [0.05, 0.1) is 5.69 Å². The van der Waals surface area contributed by atoms with Crippen molar-refractivity contribution in [2.24, 2.45) is 0 Å². The van der Waals surface area contributed by atoms with E-state index in [-0.39, 0.29) is 5.69 Å². The molecule has 0 aliphatic carbocycles. The highest BCUT2D eigenvalue weighted by Gasteiger charge is 2.42. The minimum absolute atomic E-state index is 0.0804. The zero-order valence-electron chi connectivity index (χ0n) is 14.4. The molecule has 8 heteroatoms. The van der Waals surface area contributed by atoms with Crippen molar-refractivity contribution in [2.75, 3.05) is 16.8 Å². The number of ether oxygens (including phenoxy) is 1. The molecule has 2 rings (SSSR count). The molecule has 0 spiro atoms.